The lowest BCUT2D eigenvalue weighted by Gasteiger charge is -2.36. The van der Waals surface area contributed by atoms with E-state index in [0.717, 1.165) is 12.8 Å². The second-order valence-corrected chi connectivity index (χ2v) is 6.72. The molecule has 1 fully saturated rings. The van der Waals surface area contributed by atoms with Gasteiger partial charge in [-0.25, -0.2) is 4.79 Å². The van der Waals surface area contributed by atoms with Gasteiger partial charge in [-0.05, 0) is 52.4 Å². The molecule has 5 heteroatoms. The molecular weight excluding hydrogens is 244 g/mol. The van der Waals surface area contributed by atoms with Crippen LogP contribution in [0.4, 0.5) is 0 Å². The van der Waals surface area contributed by atoms with Gasteiger partial charge in [-0.2, -0.15) is 0 Å². The third-order valence-electron chi connectivity index (χ3n) is 3.70. The molecule has 0 aromatic heterocycles. The molecule has 0 radical (unpaired) electrons. The van der Waals surface area contributed by atoms with Crippen LogP contribution >= 0.6 is 0 Å². The molecule has 1 saturated carbocycles. The maximum atomic E-state index is 11.9. The third kappa shape index (κ3) is 4.82. The van der Waals surface area contributed by atoms with Crippen LogP contribution in [0.15, 0.2) is 0 Å². The number of nitrogens with one attached hydrogen (secondary N) is 2. The van der Waals surface area contributed by atoms with Crippen LogP contribution in [0.3, 0.4) is 0 Å². The Labute approximate surface area is 115 Å². The molecule has 0 heterocycles. The van der Waals surface area contributed by atoms with E-state index in [1.165, 1.54) is 0 Å². The van der Waals surface area contributed by atoms with Crippen LogP contribution in [-0.4, -0.2) is 34.6 Å². The molecule has 1 rings (SSSR count). The highest BCUT2D eigenvalue weighted by atomic mass is 16.4. The van der Waals surface area contributed by atoms with Gasteiger partial charge < -0.3 is 15.7 Å². The number of carbonyl (C=O) groups is 2. The van der Waals surface area contributed by atoms with E-state index in [1.807, 2.05) is 20.8 Å². The molecule has 0 bridgehead atoms. The number of rotatable bonds is 4. The van der Waals surface area contributed by atoms with Crippen molar-refractivity contribution in [2.24, 2.45) is 5.92 Å². The smallest absolute Gasteiger partial charge is 0.329 e. The highest BCUT2D eigenvalue weighted by molar-refractivity contribution is 5.88. The van der Waals surface area contributed by atoms with Crippen molar-refractivity contribution in [3.63, 3.8) is 0 Å². The summed E-state index contributed by atoms with van der Waals surface area (Å²) in [6, 6.07) is 0. The largest absolute Gasteiger partial charge is 0.480 e. The van der Waals surface area contributed by atoms with Crippen LogP contribution in [0.5, 0.6) is 0 Å². The van der Waals surface area contributed by atoms with Gasteiger partial charge in [0.15, 0.2) is 0 Å². The minimum Gasteiger partial charge on any atom is -0.480 e. The minimum atomic E-state index is -1.07. The average molecular weight is 270 g/mol. The Morgan fingerprint density at radius 1 is 1.26 bits per heavy atom. The van der Waals surface area contributed by atoms with Gasteiger partial charge in [0.25, 0.3) is 0 Å². The molecule has 5 nitrogen and oxygen atoms in total. The topological polar surface area (TPSA) is 78.4 Å². The summed E-state index contributed by atoms with van der Waals surface area (Å²) in [5.74, 6) is -0.618. The van der Waals surface area contributed by atoms with E-state index >= 15 is 0 Å². The molecular formula is C14H26N2O3. The predicted octanol–water partition coefficient (Wildman–Crippen LogP) is 1.52. The van der Waals surface area contributed by atoms with Crippen LogP contribution in [-0.2, 0) is 9.59 Å². The van der Waals surface area contributed by atoms with Gasteiger partial charge in [0.1, 0.15) is 5.54 Å². The lowest BCUT2D eigenvalue weighted by molar-refractivity contribution is -0.149. The van der Waals surface area contributed by atoms with Crippen molar-refractivity contribution in [1.82, 2.24) is 10.6 Å². The van der Waals surface area contributed by atoms with Crippen LogP contribution in [0.2, 0.25) is 0 Å². The standard InChI is InChI=1S/C14H26N2O3/c1-10-5-7-14(8-6-10,12(18)19)16-11(17)9-15-13(2,3)4/h10,15H,5-9H2,1-4H3,(H,16,17)(H,18,19). The lowest BCUT2D eigenvalue weighted by Crippen LogP contribution is -2.58. The molecule has 0 unspecified atom stereocenters. The van der Waals surface area contributed by atoms with Gasteiger partial charge >= 0.3 is 5.97 Å². The number of carbonyl (C=O) groups excluding carboxylic acids is 1. The number of aliphatic carboxylic acids is 1. The first-order chi connectivity index (χ1) is 8.65. The SMILES string of the molecule is CC1CCC(NC(=O)CNC(C)(C)C)(C(=O)O)CC1. The fraction of sp³-hybridized carbons (Fsp3) is 0.857. The summed E-state index contributed by atoms with van der Waals surface area (Å²) in [7, 11) is 0. The average Bonchev–Trinajstić information content (AvgIpc) is 2.29. The summed E-state index contributed by atoms with van der Waals surface area (Å²) in [5.41, 5.74) is -1.22. The molecule has 0 aromatic rings. The van der Waals surface area contributed by atoms with Crippen molar-refractivity contribution >= 4 is 11.9 Å². The maximum absolute atomic E-state index is 11.9. The normalized spacial score (nSPS) is 27.9. The summed E-state index contributed by atoms with van der Waals surface area (Å²) in [6.45, 7) is 8.17. The van der Waals surface area contributed by atoms with Gasteiger partial charge in [-0.1, -0.05) is 6.92 Å². The zero-order chi connectivity index (χ0) is 14.7. The van der Waals surface area contributed by atoms with Crippen molar-refractivity contribution in [2.45, 2.75) is 64.5 Å². The first kappa shape index (κ1) is 16.0. The summed E-state index contributed by atoms with van der Waals surface area (Å²) < 4.78 is 0. The van der Waals surface area contributed by atoms with Gasteiger partial charge in [-0.15, -0.1) is 0 Å². The summed E-state index contributed by atoms with van der Waals surface area (Å²) in [6.07, 6.45) is 2.73. The number of hydrogen-bond donors (Lipinski definition) is 3. The molecule has 0 aliphatic heterocycles. The Kier molecular flexibility index (Phi) is 4.96. The highest BCUT2D eigenvalue weighted by Gasteiger charge is 2.42. The Bertz CT molecular complexity index is 339. The Morgan fingerprint density at radius 3 is 2.21 bits per heavy atom. The van der Waals surface area contributed by atoms with Crippen molar-refractivity contribution < 1.29 is 14.7 Å². The molecule has 1 amide bonds. The van der Waals surface area contributed by atoms with Crippen LogP contribution < -0.4 is 10.6 Å². The molecule has 0 aromatic carbocycles. The van der Waals surface area contributed by atoms with Crippen molar-refractivity contribution in [1.29, 1.82) is 0 Å². The van der Waals surface area contributed by atoms with E-state index in [0.29, 0.717) is 18.8 Å². The van der Waals surface area contributed by atoms with Crippen molar-refractivity contribution in [2.75, 3.05) is 6.54 Å². The van der Waals surface area contributed by atoms with Gasteiger partial charge in [0, 0.05) is 5.54 Å². The Balaban J connectivity index is 2.59. The molecule has 0 atom stereocenters. The van der Waals surface area contributed by atoms with Gasteiger partial charge in [0.05, 0.1) is 6.54 Å². The van der Waals surface area contributed by atoms with E-state index in [-0.39, 0.29) is 18.0 Å². The Hall–Kier alpha value is -1.10. The van der Waals surface area contributed by atoms with E-state index in [4.69, 9.17) is 0 Å². The molecule has 1 aliphatic carbocycles. The number of carboxylic acid groups (broad SMARTS) is 1. The van der Waals surface area contributed by atoms with Crippen molar-refractivity contribution in [3.8, 4) is 0 Å². The van der Waals surface area contributed by atoms with E-state index in [1.54, 1.807) is 0 Å². The lowest BCUT2D eigenvalue weighted by atomic mass is 9.77. The van der Waals surface area contributed by atoms with E-state index in [9.17, 15) is 14.7 Å². The first-order valence-corrected chi connectivity index (χ1v) is 6.94. The summed E-state index contributed by atoms with van der Waals surface area (Å²) in [5, 5.41) is 15.2. The summed E-state index contributed by atoms with van der Waals surface area (Å²) >= 11 is 0. The fourth-order valence-corrected chi connectivity index (χ4v) is 2.30. The van der Waals surface area contributed by atoms with Gasteiger partial charge in [-0.3, -0.25) is 4.79 Å². The van der Waals surface area contributed by atoms with Crippen LogP contribution in [0.1, 0.15) is 53.4 Å². The third-order valence-corrected chi connectivity index (χ3v) is 3.70. The number of amides is 1. The molecule has 0 saturated heterocycles. The fourth-order valence-electron chi connectivity index (χ4n) is 2.30. The monoisotopic (exact) mass is 270 g/mol. The number of carboxylic acids is 1. The highest BCUT2D eigenvalue weighted by Crippen LogP contribution is 2.32. The van der Waals surface area contributed by atoms with Crippen LogP contribution in [0, 0.1) is 5.92 Å². The predicted molar refractivity (Wildman–Crippen MR) is 73.9 cm³/mol. The van der Waals surface area contributed by atoms with E-state index in [2.05, 4.69) is 17.6 Å². The zero-order valence-corrected chi connectivity index (χ0v) is 12.4. The van der Waals surface area contributed by atoms with Crippen molar-refractivity contribution in [3.05, 3.63) is 0 Å². The molecule has 1 aliphatic rings. The molecule has 19 heavy (non-hydrogen) atoms. The van der Waals surface area contributed by atoms with Crippen LogP contribution in [0.25, 0.3) is 0 Å². The van der Waals surface area contributed by atoms with Gasteiger partial charge in [0.2, 0.25) is 5.91 Å². The number of hydrogen-bond acceptors (Lipinski definition) is 3. The second kappa shape index (κ2) is 5.90. The second-order valence-electron chi connectivity index (χ2n) is 6.72. The Morgan fingerprint density at radius 2 is 1.79 bits per heavy atom. The minimum absolute atomic E-state index is 0.147. The summed E-state index contributed by atoms with van der Waals surface area (Å²) in [4.78, 5) is 23.4. The maximum Gasteiger partial charge on any atom is 0.329 e. The first-order valence-electron chi connectivity index (χ1n) is 6.94. The quantitative estimate of drug-likeness (QED) is 0.724. The molecule has 0 spiro atoms. The molecule has 110 valence electrons. The molecule has 3 N–H and O–H groups in total. The van der Waals surface area contributed by atoms with E-state index < -0.39 is 11.5 Å². The zero-order valence-electron chi connectivity index (χ0n) is 12.4.